The maximum Gasteiger partial charge on any atom is 0.335 e. The molecule has 1 aliphatic rings. The van der Waals surface area contributed by atoms with Gasteiger partial charge in [0.2, 0.25) is 0 Å². The number of hydrogen-bond acceptors (Lipinski definition) is 3. The molecule has 2 aromatic carbocycles. The Hall–Kier alpha value is -1.94. The minimum absolute atomic E-state index is 0.199. The second-order valence-electron chi connectivity index (χ2n) is 8.06. The summed E-state index contributed by atoms with van der Waals surface area (Å²) in [5.41, 5.74) is 4.52. The van der Waals surface area contributed by atoms with Crippen molar-refractivity contribution in [2.24, 2.45) is 0 Å². The van der Waals surface area contributed by atoms with Crippen LogP contribution in [0.3, 0.4) is 0 Å². The molecule has 2 N–H and O–H groups in total. The highest BCUT2D eigenvalue weighted by molar-refractivity contribution is 8.00. The van der Waals surface area contributed by atoms with Crippen LogP contribution in [0.2, 0.25) is 0 Å². The fourth-order valence-electron chi connectivity index (χ4n) is 3.43. The van der Waals surface area contributed by atoms with Crippen molar-refractivity contribution in [2.75, 3.05) is 4.72 Å². The molecule has 0 unspecified atom stereocenters. The lowest BCUT2D eigenvalue weighted by Gasteiger charge is -2.42. The van der Waals surface area contributed by atoms with Gasteiger partial charge >= 0.3 is 5.97 Å². The van der Waals surface area contributed by atoms with E-state index in [1.165, 1.54) is 28.9 Å². The van der Waals surface area contributed by atoms with Crippen LogP contribution in [0.1, 0.15) is 62.0 Å². The molecule has 0 spiro atoms. The van der Waals surface area contributed by atoms with Gasteiger partial charge in [-0.25, -0.2) is 4.79 Å². The van der Waals surface area contributed by atoms with E-state index in [0.29, 0.717) is 5.56 Å². The maximum atomic E-state index is 10.9. The van der Waals surface area contributed by atoms with E-state index in [9.17, 15) is 4.79 Å². The van der Waals surface area contributed by atoms with Crippen LogP contribution in [-0.2, 0) is 10.8 Å². The Kier molecular flexibility index (Phi) is 4.58. The number of aromatic carboxylic acids is 1. The van der Waals surface area contributed by atoms with E-state index in [1.54, 1.807) is 36.2 Å². The van der Waals surface area contributed by atoms with Gasteiger partial charge in [0.05, 0.1) is 5.56 Å². The Morgan fingerprint density at radius 1 is 0.960 bits per heavy atom. The highest BCUT2D eigenvalue weighted by Crippen LogP contribution is 2.46. The smallest absolute Gasteiger partial charge is 0.335 e. The summed E-state index contributed by atoms with van der Waals surface area (Å²) >= 11 is 1.56. The lowest BCUT2D eigenvalue weighted by atomic mass is 9.63. The summed E-state index contributed by atoms with van der Waals surface area (Å²) in [5.74, 6) is -0.904. The van der Waals surface area contributed by atoms with Gasteiger partial charge in [-0.05, 0) is 83.1 Å². The fourth-order valence-corrected chi connectivity index (χ4v) is 4.11. The highest BCUT2D eigenvalue weighted by Gasteiger charge is 2.36. The normalized spacial score (nSPS) is 17.6. The maximum absolute atomic E-state index is 10.9. The van der Waals surface area contributed by atoms with Crippen LogP contribution in [0.5, 0.6) is 0 Å². The number of rotatable bonds is 4. The van der Waals surface area contributed by atoms with Crippen molar-refractivity contribution in [3.8, 4) is 0 Å². The second kappa shape index (κ2) is 6.41. The third-order valence-electron chi connectivity index (χ3n) is 5.24. The Labute approximate surface area is 154 Å². The van der Waals surface area contributed by atoms with Crippen LogP contribution in [-0.4, -0.2) is 11.1 Å². The molecule has 0 aliphatic heterocycles. The average molecular weight is 356 g/mol. The van der Waals surface area contributed by atoms with E-state index < -0.39 is 5.97 Å². The van der Waals surface area contributed by atoms with Gasteiger partial charge in [0.1, 0.15) is 0 Å². The van der Waals surface area contributed by atoms with Crippen LogP contribution < -0.4 is 4.72 Å². The third kappa shape index (κ3) is 3.69. The molecule has 1 aliphatic carbocycles. The summed E-state index contributed by atoms with van der Waals surface area (Å²) in [4.78, 5) is 12.1. The first kappa shape index (κ1) is 17.9. The zero-order chi connectivity index (χ0) is 18.2. The van der Waals surface area contributed by atoms with Gasteiger partial charge in [-0.15, -0.1) is 0 Å². The van der Waals surface area contributed by atoms with Gasteiger partial charge in [0.25, 0.3) is 0 Å². The molecule has 0 amide bonds. The van der Waals surface area contributed by atoms with E-state index >= 15 is 0 Å². The largest absolute Gasteiger partial charge is 0.478 e. The number of carbonyl (C=O) groups is 1. The first-order valence-corrected chi connectivity index (χ1v) is 9.42. The summed E-state index contributed by atoms with van der Waals surface area (Å²) in [5, 5.41) is 8.96. The summed E-state index contributed by atoms with van der Waals surface area (Å²) in [6, 6.07) is 13.6. The number of nitrogens with one attached hydrogen (secondary N) is 1. The predicted octanol–water partition coefficient (Wildman–Crippen LogP) is 5.85. The summed E-state index contributed by atoms with van der Waals surface area (Å²) in [6.07, 6.45) is 2.42. The molecular formula is C21H25NO2S. The number of carboxylic acids is 1. The van der Waals surface area contributed by atoms with Crippen LogP contribution >= 0.6 is 11.9 Å². The van der Waals surface area contributed by atoms with E-state index in [2.05, 4.69) is 50.6 Å². The standard InChI is InChI=1S/C21H25NO2S/c1-20(2)11-12-21(3,4)18-13-16(9-10-17(18)20)25-22-15-7-5-14(6-8-15)19(23)24/h5-10,13,22H,11-12H2,1-4H3,(H,23,24). The van der Waals surface area contributed by atoms with Crippen molar-refractivity contribution in [1.82, 2.24) is 0 Å². The van der Waals surface area contributed by atoms with Crippen molar-refractivity contribution in [3.05, 3.63) is 59.2 Å². The molecule has 0 saturated heterocycles. The van der Waals surface area contributed by atoms with E-state index in [0.717, 1.165) is 5.69 Å². The molecule has 0 fully saturated rings. The van der Waals surface area contributed by atoms with Crippen molar-refractivity contribution in [1.29, 1.82) is 0 Å². The lowest BCUT2D eigenvalue weighted by molar-refractivity contribution is 0.0697. The molecular weight excluding hydrogens is 330 g/mol. The first-order chi connectivity index (χ1) is 11.7. The molecule has 132 valence electrons. The van der Waals surface area contributed by atoms with E-state index in [-0.39, 0.29) is 10.8 Å². The molecule has 0 saturated carbocycles. The zero-order valence-corrected chi connectivity index (χ0v) is 16.0. The number of benzene rings is 2. The van der Waals surface area contributed by atoms with Gasteiger partial charge < -0.3 is 9.83 Å². The minimum Gasteiger partial charge on any atom is -0.478 e. The van der Waals surface area contributed by atoms with E-state index in [1.807, 2.05) is 0 Å². The molecule has 0 radical (unpaired) electrons. The number of carboxylic acid groups (broad SMARTS) is 1. The molecule has 0 atom stereocenters. The molecule has 0 bridgehead atoms. The number of fused-ring (bicyclic) bond motifs is 1. The monoisotopic (exact) mass is 355 g/mol. The number of anilines is 1. The van der Waals surface area contributed by atoms with Gasteiger partial charge in [0.15, 0.2) is 0 Å². The molecule has 25 heavy (non-hydrogen) atoms. The summed E-state index contributed by atoms with van der Waals surface area (Å²) < 4.78 is 3.31. The van der Waals surface area contributed by atoms with Crippen molar-refractivity contribution in [2.45, 2.75) is 56.3 Å². The Balaban J connectivity index is 1.79. The molecule has 3 nitrogen and oxygen atoms in total. The molecule has 0 aromatic heterocycles. The topological polar surface area (TPSA) is 49.3 Å². The van der Waals surface area contributed by atoms with Crippen LogP contribution in [0.15, 0.2) is 47.4 Å². The van der Waals surface area contributed by atoms with Crippen LogP contribution in [0.25, 0.3) is 0 Å². The Morgan fingerprint density at radius 3 is 2.16 bits per heavy atom. The van der Waals surface area contributed by atoms with Crippen LogP contribution in [0.4, 0.5) is 5.69 Å². The van der Waals surface area contributed by atoms with Crippen molar-refractivity contribution < 1.29 is 9.90 Å². The van der Waals surface area contributed by atoms with E-state index in [4.69, 9.17) is 5.11 Å². The van der Waals surface area contributed by atoms with Gasteiger partial charge in [0, 0.05) is 10.6 Å². The van der Waals surface area contributed by atoms with Gasteiger partial charge in [-0.3, -0.25) is 0 Å². The Morgan fingerprint density at radius 2 is 1.56 bits per heavy atom. The highest BCUT2D eigenvalue weighted by atomic mass is 32.2. The Bertz CT molecular complexity index is 794. The molecule has 3 rings (SSSR count). The summed E-state index contributed by atoms with van der Waals surface area (Å²) in [7, 11) is 0. The minimum atomic E-state index is -0.904. The summed E-state index contributed by atoms with van der Waals surface area (Å²) in [6.45, 7) is 9.31. The lowest BCUT2D eigenvalue weighted by Crippen LogP contribution is -2.33. The number of hydrogen-bond donors (Lipinski definition) is 2. The van der Waals surface area contributed by atoms with Crippen molar-refractivity contribution >= 4 is 23.6 Å². The molecule has 0 heterocycles. The quantitative estimate of drug-likeness (QED) is 0.675. The molecule has 4 heteroatoms. The van der Waals surface area contributed by atoms with Crippen molar-refractivity contribution in [3.63, 3.8) is 0 Å². The zero-order valence-electron chi connectivity index (χ0n) is 15.2. The SMILES string of the molecule is CC1(C)CCC(C)(C)c2cc(SNc3ccc(C(=O)O)cc3)ccc21. The molecule has 2 aromatic rings. The van der Waals surface area contributed by atoms with Gasteiger partial charge in [-0.2, -0.15) is 0 Å². The third-order valence-corrected chi connectivity index (χ3v) is 6.07. The second-order valence-corrected chi connectivity index (χ2v) is 8.94. The first-order valence-electron chi connectivity index (χ1n) is 8.60. The van der Waals surface area contributed by atoms with Crippen LogP contribution in [0, 0.1) is 0 Å². The fraction of sp³-hybridized carbons (Fsp3) is 0.381. The predicted molar refractivity (Wildman–Crippen MR) is 105 cm³/mol. The average Bonchev–Trinajstić information content (AvgIpc) is 2.57. The van der Waals surface area contributed by atoms with Gasteiger partial charge in [-0.1, -0.05) is 33.8 Å².